The van der Waals surface area contributed by atoms with Crippen LogP contribution < -0.4 is 0 Å². The van der Waals surface area contributed by atoms with Crippen LogP contribution >= 0.6 is 0 Å². The van der Waals surface area contributed by atoms with Crippen LogP contribution in [0, 0.1) is 0 Å². The van der Waals surface area contributed by atoms with Crippen molar-refractivity contribution in [3.8, 4) is 0 Å². The first kappa shape index (κ1) is 27.4. The van der Waals surface area contributed by atoms with E-state index in [-0.39, 0.29) is 13.0 Å². The van der Waals surface area contributed by atoms with E-state index in [9.17, 15) is 43.2 Å². The van der Waals surface area contributed by atoms with E-state index in [1.165, 1.54) is 13.8 Å². The van der Waals surface area contributed by atoms with Crippen molar-refractivity contribution in [1.29, 1.82) is 0 Å². The zero-order valence-corrected chi connectivity index (χ0v) is 20.1. The molecule has 1 aromatic heterocycles. The van der Waals surface area contributed by atoms with Gasteiger partial charge in [0.25, 0.3) is 0 Å². The third-order valence-electron chi connectivity index (χ3n) is 5.93. The Morgan fingerprint density at radius 1 is 1.03 bits per heavy atom. The molecule has 0 spiro atoms. The monoisotopic (exact) mass is 545 g/mol. The number of hydrogen-bond donors (Lipinski definition) is 0. The highest BCUT2D eigenvalue weighted by atomic mass is 32.2. The fourth-order valence-corrected chi connectivity index (χ4v) is 6.47. The Morgan fingerprint density at radius 3 is 2.26 bits per heavy atom. The lowest BCUT2D eigenvalue weighted by Gasteiger charge is -2.38. The average molecular weight is 546 g/mol. The summed E-state index contributed by atoms with van der Waals surface area (Å²) in [5, 5.41) is 0. The maximum Gasteiger partial charge on any atom is 0.418 e. The molecule has 1 aliphatic heterocycles. The lowest BCUT2D eigenvalue weighted by Crippen LogP contribution is -2.42. The van der Waals surface area contributed by atoms with Gasteiger partial charge < -0.3 is 4.74 Å². The molecular formula is C21H21F6NO5S2. The van der Waals surface area contributed by atoms with Gasteiger partial charge in [0.1, 0.15) is 6.10 Å². The van der Waals surface area contributed by atoms with Gasteiger partial charge in [0.05, 0.1) is 37.1 Å². The van der Waals surface area contributed by atoms with Crippen LogP contribution in [0.4, 0.5) is 26.3 Å². The van der Waals surface area contributed by atoms with Crippen LogP contribution in [0.5, 0.6) is 0 Å². The summed E-state index contributed by atoms with van der Waals surface area (Å²) >= 11 is 0. The molecule has 14 heteroatoms. The van der Waals surface area contributed by atoms with Crippen LogP contribution in [0.25, 0.3) is 0 Å². The van der Waals surface area contributed by atoms with Crippen molar-refractivity contribution in [3.63, 3.8) is 0 Å². The second-order valence-corrected chi connectivity index (χ2v) is 13.0. The molecule has 0 bridgehead atoms. The van der Waals surface area contributed by atoms with Gasteiger partial charge in [-0.2, -0.15) is 26.3 Å². The average Bonchev–Trinajstić information content (AvgIpc) is 2.77. The summed E-state index contributed by atoms with van der Waals surface area (Å²) in [5.41, 5.74) is -3.27. The molecule has 6 nitrogen and oxygen atoms in total. The summed E-state index contributed by atoms with van der Waals surface area (Å²) in [5.74, 6) is -0.460. The third kappa shape index (κ3) is 5.33. The number of aromatic nitrogens is 1. The standard InChI is InChI=1S/C21H21F6NO5S2/c1-3-34(29,30)15-10-16(21(25,26)27)18(28-12-15)17-11-19(2,7-8-33-17)35(31,32)14-6-4-5-13(9-14)20(22,23)24/h4-6,9-10,12,17H,3,7-8,11H2,1-2H3. The van der Waals surface area contributed by atoms with Gasteiger partial charge in [0, 0.05) is 12.8 Å². The Hall–Kier alpha value is -2.19. The fourth-order valence-electron chi connectivity index (χ4n) is 3.79. The molecule has 35 heavy (non-hydrogen) atoms. The van der Waals surface area contributed by atoms with Crippen molar-refractivity contribution in [1.82, 2.24) is 4.98 Å². The highest BCUT2D eigenvalue weighted by molar-refractivity contribution is 7.92. The molecule has 3 rings (SSSR count). The molecule has 194 valence electrons. The van der Waals surface area contributed by atoms with E-state index in [2.05, 4.69) is 4.98 Å². The van der Waals surface area contributed by atoms with E-state index in [1.807, 2.05) is 0 Å². The molecule has 0 saturated carbocycles. The number of ether oxygens (including phenoxy) is 1. The van der Waals surface area contributed by atoms with Gasteiger partial charge >= 0.3 is 12.4 Å². The minimum atomic E-state index is -5.03. The number of pyridine rings is 1. The zero-order chi connectivity index (χ0) is 26.4. The highest BCUT2D eigenvalue weighted by Crippen LogP contribution is 2.45. The molecule has 0 radical (unpaired) electrons. The van der Waals surface area contributed by atoms with Crippen molar-refractivity contribution >= 4 is 19.7 Å². The van der Waals surface area contributed by atoms with Crippen molar-refractivity contribution in [2.75, 3.05) is 12.4 Å². The van der Waals surface area contributed by atoms with Gasteiger partial charge in [-0.05, 0) is 44.0 Å². The summed E-state index contributed by atoms with van der Waals surface area (Å²) in [6.07, 6.45) is -11.3. The first-order valence-electron chi connectivity index (χ1n) is 10.3. The van der Waals surface area contributed by atoms with Gasteiger partial charge in [-0.3, -0.25) is 4.98 Å². The number of sulfone groups is 2. The highest BCUT2D eigenvalue weighted by Gasteiger charge is 2.48. The second-order valence-electron chi connectivity index (χ2n) is 8.30. The molecule has 1 fully saturated rings. The number of nitrogens with zero attached hydrogens (tertiary/aromatic N) is 1. The largest absolute Gasteiger partial charge is 0.418 e. The lowest BCUT2D eigenvalue weighted by atomic mass is 9.93. The summed E-state index contributed by atoms with van der Waals surface area (Å²) < 4.78 is 135. The van der Waals surface area contributed by atoms with Crippen LogP contribution in [0.2, 0.25) is 0 Å². The molecule has 1 saturated heterocycles. The Morgan fingerprint density at radius 2 is 1.69 bits per heavy atom. The molecule has 2 unspecified atom stereocenters. The predicted molar refractivity (Wildman–Crippen MR) is 112 cm³/mol. The van der Waals surface area contributed by atoms with Gasteiger partial charge in [0.2, 0.25) is 0 Å². The van der Waals surface area contributed by atoms with Crippen LogP contribution in [0.3, 0.4) is 0 Å². The van der Waals surface area contributed by atoms with Gasteiger partial charge in [-0.25, -0.2) is 16.8 Å². The van der Waals surface area contributed by atoms with Crippen LogP contribution in [-0.2, 0) is 36.8 Å². The van der Waals surface area contributed by atoms with Crippen LogP contribution in [-0.4, -0.2) is 38.9 Å². The number of hydrogen-bond acceptors (Lipinski definition) is 6. The van der Waals surface area contributed by atoms with Crippen molar-refractivity contribution < 1.29 is 47.9 Å². The smallest absolute Gasteiger partial charge is 0.372 e. The molecule has 0 amide bonds. The Bertz CT molecular complexity index is 1320. The Kier molecular flexibility index (Phi) is 7.07. The number of rotatable bonds is 5. The van der Waals surface area contributed by atoms with Crippen molar-refractivity contribution in [3.05, 3.63) is 53.3 Å². The Balaban J connectivity index is 2.06. The van der Waals surface area contributed by atoms with Crippen LogP contribution in [0.1, 0.15) is 49.6 Å². The van der Waals surface area contributed by atoms with E-state index in [0.717, 1.165) is 18.3 Å². The fraction of sp³-hybridized carbons (Fsp3) is 0.476. The van der Waals surface area contributed by atoms with E-state index >= 15 is 0 Å². The second kappa shape index (κ2) is 9.04. The number of benzene rings is 1. The van der Waals surface area contributed by atoms with E-state index in [0.29, 0.717) is 18.2 Å². The van der Waals surface area contributed by atoms with Gasteiger partial charge in [-0.1, -0.05) is 13.0 Å². The van der Waals surface area contributed by atoms with E-state index in [1.54, 1.807) is 0 Å². The van der Waals surface area contributed by atoms with Crippen LogP contribution in [0.15, 0.2) is 46.3 Å². The molecule has 1 aromatic carbocycles. The zero-order valence-electron chi connectivity index (χ0n) is 18.4. The van der Waals surface area contributed by atoms with Gasteiger partial charge in [-0.15, -0.1) is 0 Å². The molecule has 0 N–H and O–H groups in total. The first-order valence-corrected chi connectivity index (χ1v) is 13.4. The van der Waals surface area contributed by atoms with Crippen molar-refractivity contribution in [2.45, 2.75) is 59.7 Å². The van der Waals surface area contributed by atoms with E-state index in [4.69, 9.17) is 4.74 Å². The third-order valence-corrected chi connectivity index (χ3v) is 10.2. The molecule has 0 aliphatic carbocycles. The number of alkyl halides is 6. The topological polar surface area (TPSA) is 90.4 Å². The quantitative estimate of drug-likeness (QED) is 0.492. The lowest BCUT2D eigenvalue weighted by molar-refractivity contribution is -0.141. The summed E-state index contributed by atoms with van der Waals surface area (Å²) in [7, 11) is -8.47. The molecule has 2 aromatic rings. The summed E-state index contributed by atoms with van der Waals surface area (Å²) in [6.45, 7) is 2.17. The Labute approximate surface area is 198 Å². The molecular weight excluding hydrogens is 524 g/mol. The minimum absolute atomic E-state index is 0.189. The molecule has 2 heterocycles. The first-order chi connectivity index (χ1) is 15.9. The maximum absolute atomic E-state index is 13.8. The summed E-state index contributed by atoms with van der Waals surface area (Å²) in [4.78, 5) is 2.41. The SMILES string of the molecule is CCS(=O)(=O)c1cnc(C2CC(C)(S(=O)(=O)c3cccc(C(F)(F)F)c3)CCO2)c(C(F)(F)F)c1. The summed E-state index contributed by atoms with van der Waals surface area (Å²) in [6, 6.07) is 3.54. The van der Waals surface area contributed by atoms with Gasteiger partial charge in [0.15, 0.2) is 19.7 Å². The van der Waals surface area contributed by atoms with E-state index < -0.39 is 81.7 Å². The minimum Gasteiger partial charge on any atom is -0.372 e. The van der Waals surface area contributed by atoms with Crippen molar-refractivity contribution in [2.24, 2.45) is 0 Å². The predicted octanol–water partition coefficient (Wildman–Crippen LogP) is 5.00. The number of halogens is 6. The normalized spacial score (nSPS) is 22.2. The molecule has 1 aliphatic rings. The molecule has 2 atom stereocenters. The maximum atomic E-state index is 13.8.